The van der Waals surface area contributed by atoms with Gasteiger partial charge in [0.05, 0.1) is 17.1 Å². The lowest BCUT2D eigenvalue weighted by Crippen LogP contribution is -2.61. The molecule has 1 saturated carbocycles. The Bertz CT molecular complexity index is 267. The van der Waals surface area contributed by atoms with Gasteiger partial charge in [-0.15, -0.1) is 0 Å². The summed E-state index contributed by atoms with van der Waals surface area (Å²) in [5.41, 5.74) is -1.18. The predicted molar refractivity (Wildman–Crippen MR) is 53.5 cm³/mol. The third-order valence-electron chi connectivity index (χ3n) is 4.20. The van der Waals surface area contributed by atoms with Crippen LogP contribution in [0.3, 0.4) is 0 Å². The quantitative estimate of drug-likeness (QED) is 0.655. The number of nitrogens with one attached hydrogen (secondary N) is 1. The van der Waals surface area contributed by atoms with Crippen LogP contribution in [0.15, 0.2) is 0 Å². The normalized spacial score (nSPS) is 41.1. The summed E-state index contributed by atoms with van der Waals surface area (Å²) in [6, 6.07) is 2.38. The Morgan fingerprint density at radius 2 is 2.14 bits per heavy atom. The topological polar surface area (TPSA) is 56.0 Å². The first-order chi connectivity index (χ1) is 6.65. The zero-order valence-electron chi connectivity index (χ0n) is 8.71. The van der Waals surface area contributed by atoms with E-state index in [1.165, 1.54) is 0 Å². The Labute approximate surface area is 85.1 Å². The molecule has 2 fully saturated rings. The molecule has 2 aliphatic rings. The number of hydrogen-bond acceptors (Lipinski definition) is 3. The van der Waals surface area contributed by atoms with Crippen molar-refractivity contribution in [1.29, 1.82) is 5.26 Å². The molecular formula is C11H18N2O. The van der Waals surface area contributed by atoms with Crippen LogP contribution in [0.5, 0.6) is 0 Å². The number of rotatable bonds is 1. The zero-order chi connectivity index (χ0) is 10.2. The maximum atomic E-state index is 10.6. The van der Waals surface area contributed by atoms with Crippen LogP contribution in [0.25, 0.3) is 0 Å². The number of nitriles is 1. The Kier molecular flexibility index (Phi) is 2.29. The molecule has 0 radical (unpaired) electrons. The van der Waals surface area contributed by atoms with Crippen LogP contribution in [-0.4, -0.2) is 23.8 Å². The van der Waals surface area contributed by atoms with Gasteiger partial charge in [-0.3, -0.25) is 0 Å². The van der Waals surface area contributed by atoms with Crippen molar-refractivity contribution in [3.05, 3.63) is 0 Å². The SMILES string of the molecule is CC1CNCCC1(O)C1(C#N)CCC1. The molecule has 2 N–H and O–H groups in total. The summed E-state index contributed by atoms with van der Waals surface area (Å²) in [4.78, 5) is 0. The van der Waals surface area contributed by atoms with E-state index in [4.69, 9.17) is 0 Å². The first kappa shape index (κ1) is 9.95. The highest BCUT2D eigenvalue weighted by atomic mass is 16.3. The number of nitrogens with zero attached hydrogens (tertiary/aromatic N) is 1. The van der Waals surface area contributed by atoms with Gasteiger partial charge in [0.15, 0.2) is 0 Å². The Balaban J connectivity index is 2.25. The fourth-order valence-electron chi connectivity index (χ4n) is 2.90. The van der Waals surface area contributed by atoms with Gasteiger partial charge in [0, 0.05) is 6.54 Å². The van der Waals surface area contributed by atoms with Crippen LogP contribution in [0, 0.1) is 22.7 Å². The summed E-state index contributed by atoms with van der Waals surface area (Å²) in [5, 5.41) is 23.2. The highest BCUT2D eigenvalue weighted by Crippen LogP contribution is 2.53. The number of hydrogen-bond donors (Lipinski definition) is 2. The molecule has 0 aromatic carbocycles. The van der Waals surface area contributed by atoms with Gasteiger partial charge < -0.3 is 10.4 Å². The summed E-state index contributed by atoms with van der Waals surface area (Å²) < 4.78 is 0. The third-order valence-corrected chi connectivity index (χ3v) is 4.20. The van der Waals surface area contributed by atoms with Gasteiger partial charge in [-0.2, -0.15) is 5.26 Å². The van der Waals surface area contributed by atoms with Gasteiger partial charge in [0.25, 0.3) is 0 Å². The monoisotopic (exact) mass is 194 g/mol. The van der Waals surface area contributed by atoms with Crippen molar-refractivity contribution in [2.45, 2.75) is 38.2 Å². The van der Waals surface area contributed by atoms with Crippen molar-refractivity contribution < 1.29 is 5.11 Å². The van der Waals surface area contributed by atoms with Crippen molar-refractivity contribution in [2.24, 2.45) is 11.3 Å². The van der Waals surface area contributed by atoms with E-state index in [1.54, 1.807) is 0 Å². The van der Waals surface area contributed by atoms with Crippen LogP contribution < -0.4 is 5.32 Å². The molecule has 0 aromatic heterocycles. The van der Waals surface area contributed by atoms with Crippen LogP contribution in [0.1, 0.15) is 32.6 Å². The minimum atomic E-state index is -0.745. The molecule has 1 aliphatic carbocycles. The van der Waals surface area contributed by atoms with E-state index in [0.717, 1.165) is 38.8 Å². The van der Waals surface area contributed by atoms with Crippen LogP contribution in [0.2, 0.25) is 0 Å². The maximum absolute atomic E-state index is 10.6. The van der Waals surface area contributed by atoms with Crippen LogP contribution in [-0.2, 0) is 0 Å². The van der Waals surface area contributed by atoms with Crippen LogP contribution in [0.4, 0.5) is 0 Å². The van der Waals surface area contributed by atoms with Gasteiger partial charge in [0.1, 0.15) is 0 Å². The van der Waals surface area contributed by atoms with Gasteiger partial charge in [-0.05, 0) is 31.7 Å². The summed E-state index contributed by atoms with van der Waals surface area (Å²) in [6.07, 6.45) is 3.58. The molecule has 14 heavy (non-hydrogen) atoms. The molecule has 1 heterocycles. The number of aliphatic hydroxyl groups is 1. The smallest absolute Gasteiger partial charge is 0.0882 e. The lowest BCUT2D eigenvalue weighted by atomic mass is 9.54. The zero-order valence-corrected chi connectivity index (χ0v) is 8.71. The summed E-state index contributed by atoms with van der Waals surface area (Å²) in [5.74, 6) is 0.191. The second kappa shape index (κ2) is 3.22. The summed E-state index contributed by atoms with van der Waals surface area (Å²) in [6.45, 7) is 3.72. The van der Waals surface area contributed by atoms with E-state index >= 15 is 0 Å². The predicted octanol–water partition coefficient (Wildman–Crippen LogP) is 1.04. The molecule has 1 aliphatic heterocycles. The first-order valence-electron chi connectivity index (χ1n) is 5.49. The Hall–Kier alpha value is -0.590. The summed E-state index contributed by atoms with van der Waals surface area (Å²) in [7, 11) is 0. The van der Waals surface area contributed by atoms with Gasteiger partial charge >= 0.3 is 0 Å². The molecule has 0 aromatic rings. The highest BCUT2D eigenvalue weighted by molar-refractivity contribution is 5.18. The molecule has 3 heteroatoms. The van der Waals surface area contributed by atoms with Gasteiger partial charge in [-0.25, -0.2) is 0 Å². The average molecular weight is 194 g/mol. The minimum Gasteiger partial charge on any atom is -0.388 e. The Morgan fingerprint density at radius 3 is 2.57 bits per heavy atom. The molecule has 0 amide bonds. The van der Waals surface area contributed by atoms with Gasteiger partial charge in [-0.1, -0.05) is 13.3 Å². The average Bonchev–Trinajstić information content (AvgIpc) is 2.09. The standard InChI is InChI=1S/C11H18N2O/c1-9-7-13-6-5-11(9,14)10(8-12)3-2-4-10/h9,13-14H,2-7H2,1H3. The van der Waals surface area contributed by atoms with Crippen LogP contribution >= 0.6 is 0 Å². The molecular weight excluding hydrogens is 176 g/mol. The second-order valence-electron chi connectivity index (χ2n) is 4.83. The first-order valence-corrected chi connectivity index (χ1v) is 5.49. The lowest BCUT2D eigenvalue weighted by Gasteiger charge is -2.53. The van der Waals surface area contributed by atoms with Crippen molar-refractivity contribution in [3.63, 3.8) is 0 Å². The van der Waals surface area contributed by atoms with E-state index < -0.39 is 11.0 Å². The fraction of sp³-hybridized carbons (Fsp3) is 0.909. The largest absolute Gasteiger partial charge is 0.388 e. The molecule has 2 unspecified atom stereocenters. The lowest BCUT2D eigenvalue weighted by molar-refractivity contribution is -0.143. The van der Waals surface area contributed by atoms with E-state index in [9.17, 15) is 10.4 Å². The third kappa shape index (κ3) is 1.11. The van der Waals surface area contributed by atoms with Gasteiger partial charge in [0.2, 0.25) is 0 Å². The molecule has 2 rings (SSSR count). The highest BCUT2D eigenvalue weighted by Gasteiger charge is 2.57. The van der Waals surface area contributed by atoms with E-state index in [1.807, 2.05) is 6.92 Å². The molecule has 0 spiro atoms. The molecule has 78 valence electrons. The molecule has 3 nitrogen and oxygen atoms in total. The summed E-state index contributed by atoms with van der Waals surface area (Å²) >= 11 is 0. The molecule has 1 saturated heterocycles. The minimum absolute atomic E-state index is 0.191. The van der Waals surface area contributed by atoms with Crippen molar-refractivity contribution in [1.82, 2.24) is 5.32 Å². The van der Waals surface area contributed by atoms with E-state index in [0.29, 0.717) is 0 Å². The molecule has 2 atom stereocenters. The van der Waals surface area contributed by atoms with E-state index in [-0.39, 0.29) is 5.92 Å². The fourth-order valence-corrected chi connectivity index (χ4v) is 2.90. The molecule has 0 bridgehead atoms. The maximum Gasteiger partial charge on any atom is 0.0882 e. The van der Waals surface area contributed by atoms with Crippen molar-refractivity contribution in [2.75, 3.05) is 13.1 Å². The van der Waals surface area contributed by atoms with Crippen molar-refractivity contribution >= 4 is 0 Å². The number of piperidine rings is 1. The second-order valence-corrected chi connectivity index (χ2v) is 4.83. The van der Waals surface area contributed by atoms with Crippen molar-refractivity contribution in [3.8, 4) is 6.07 Å². The van der Waals surface area contributed by atoms with E-state index in [2.05, 4.69) is 11.4 Å². The Morgan fingerprint density at radius 1 is 1.43 bits per heavy atom.